The molecule has 1 heterocycles. The van der Waals surface area contributed by atoms with Crippen LogP contribution in [0.2, 0.25) is 0 Å². The second-order valence-electron chi connectivity index (χ2n) is 5.52. The number of hydrogen-bond donors (Lipinski definition) is 3. The summed E-state index contributed by atoms with van der Waals surface area (Å²) in [6.07, 6.45) is 4.03. The number of aromatic amines is 1. The van der Waals surface area contributed by atoms with Crippen LogP contribution >= 0.6 is 0 Å². The molecule has 0 aliphatic heterocycles. The summed E-state index contributed by atoms with van der Waals surface area (Å²) in [5.74, 6) is -0.856. The zero-order chi connectivity index (χ0) is 14.8. The molecule has 0 bridgehead atoms. The van der Waals surface area contributed by atoms with Gasteiger partial charge in [-0.3, -0.25) is 10.1 Å². The molecule has 0 aliphatic carbocycles. The van der Waals surface area contributed by atoms with Crippen LogP contribution in [0.4, 0.5) is 0 Å². The van der Waals surface area contributed by atoms with Crippen molar-refractivity contribution in [1.29, 1.82) is 0 Å². The van der Waals surface area contributed by atoms with Crippen LogP contribution in [-0.4, -0.2) is 27.6 Å². The number of aromatic nitrogens is 1. The second kappa shape index (κ2) is 5.51. The number of benzene rings is 1. The minimum atomic E-state index is -0.856. The van der Waals surface area contributed by atoms with Gasteiger partial charge in [-0.25, -0.2) is 0 Å². The predicted molar refractivity (Wildman–Crippen MR) is 80.8 cm³/mol. The summed E-state index contributed by atoms with van der Waals surface area (Å²) in [6, 6.07) is 7.24. The SMILES string of the molecule is C=CC(C)(C)NC(Cc1c[nH]c2ccccc12)C(=O)O. The lowest BCUT2D eigenvalue weighted by Crippen LogP contribution is -2.49. The van der Waals surface area contributed by atoms with Gasteiger partial charge in [-0.15, -0.1) is 6.58 Å². The highest BCUT2D eigenvalue weighted by molar-refractivity contribution is 5.84. The Morgan fingerprint density at radius 1 is 1.50 bits per heavy atom. The monoisotopic (exact) mass is 272 g/mol. The van der Waals surface area contributed by atoms with Crippen molar-refractivity contribution in [1.82, 2.24) is 10.3 Å². The number of fused-ring (bicyclic) bond motifs is 1. The molecule has 0 saturated carbocycles. The van der Waals surface area contributed by atoms with E-state index in [0.717, 1.165) is 16.5 Å². The molecule has 0 amide bonds. The molecule has 4 heteroatoms. The minimum absolute atomic E-state index is 0.421. The van der Waals surface area contributed by atoms with E-state index >= 15 is 0 Å². The molecule has 0 saturated heterocycles. The molecule has 3 N–H and O–H groups in total. The van der Waals surface area contributed by atoms with Crippen molar-refractivity contribution < 1.29 is 9.90 Å². The van der Waals surface area contributed by atoms with Crippen LogP contribution in [0.25, 0.3) is 10.9 Å². The number of rotatable bonds is 6. The van der Waals surface area contributed by atoms with Crippen molar-refractivity contribution >= 4 is 16.9 Å². The molecule has 2 aromatic rings. The Bertz CT molecular complexity index is 628. The van der Waals surface area contributed by atoms with Crippen LogP contribution in [0.15, 0.2) is 43.1 Å². The van der Waals surface area contributed by atoms with Gasteiger partial charge >= 0.3 is 5.97 Å². The molecular weight excluding hydrogens is 252 g/mol. The molecule has 1 atom stereocenters. The fraction of sp³-hybridized carbons (Fsp3) is 0.312. The summed E-state index contributed by atoms with van der Waals surface area (Å²) in [5, 5.41) is 13.6. The first-order valence-corrected chi connectivity index (χ1v) is 6.62. The maximum Gasteiger partial charge on any atom is 0.321 e. The summed E-state index contributed by atoms with van der Waals surface area (Å²) in [4.78, 5) is 14.6. The van der Waals surface area contributed by atoms with Gasteiger partial charge in [-0.05, 0) is 25.5 Å². The first-order chi connectivity index (χ1) is 9.43. The third kappa shape index (κ3) is 3.08. The van der Waals surface area contributed by atoms with E-state index in [0.29, 0.717) is 6.42 Å². The van der Waals surface area contributed by atoms with Crippen LogP contribution in [0, 0.1) is 0 Å². The van der Waals surface area contributed by atoms with E-state index in [-0.39, 0.29) is 0 Å². The molecule has 1 aromatic heterocycles. The fourth-order valence-corrected chi connectivity index (χ4v) is 2.23. The van der Waals surface area contributed by atoms with Gasteiger partial charge in [0.2, 0.25) is 0 Å². The van der Waals surface area contributed by atoms with Gasteiger partial charge in [0.1, 0.15) is 6.04 Å². The van der Waals surface area contributed by atoms with Crippen LogP contribution in [0.1, 0.15) is 19.4 Å². The molecule has 4 nitrogen and oxygen atoms in total. The normalized spacial score (nSPS) is 13.3. The molecule has 0 fully saturated rings. The lowest BCUT2D eigenvalue weighted by molar-refractivity contribution is -0.139. The van der Waals surface area contributed by atoms with Gasteiger partial charge in [0.05, 0.1) is 0 Å². The van der Waals surface area contributed by atoms with Crippen molar-refractivity contribution in [3.8, 4) is 0 Å². The maximum atomic E-state index is 11.4. The van der Waals surface area contributed by atoms with Crippen molar-refractivity contribution in [2.75, 3.05) is 0 Å². The molecule has 0 aliphatic rings. The molecule has 1 unspecified atom stereocenters. The minimum Gasteiger partial charge on any atom is -0.480 e. The van der Waals surface area contributed by atoms with Crippen LogP contribution in [0.3, 0.4) is 0 Å². The van der Waals surface area contributed by atoms with E-state index in [2.05, 4.69) is 16.9 Å². The highest BCUT2D eigenvalue weighted by atomic mass is 16.4. The Morgan fingerprint density at radius 2 is 2.20 bits per heavy atom. The van der Waals surface area contributed by atoms with Gasteiger partial charge in [0, 0.05) is 29.1 Å². The lowest BCUT2D eigenvalue weighted by Gasteiger charge is -2.26. The van der Waals surface area contributed by atoms with Crippen molar-refractivity contribution in [2.24, 2.45) is 0 Å². The summed E-state index contributed by atoms with van der Waals surface area (Å²) in [5.41, 5.74) is 1.60. The standard InChI is InChI=1S/C16H20N2O2/c1-4-16(2,3)18-14(15(19)20)9-11-10-17-13-8-6-5-7-12(11)13/h4-8,10,14,17-18H,1,9H2,2-3H3,(H,19,20). The van der Waals surface area contributed by atoms with Gasteiger partial charge < -0.3 is 10.1 Å². The van der Waals surface area contributed by atoms with E-state index in [4.69, 9.17) is 0 Å². The van der Waals surface area contributed by atoms with Gasteiger partial charge in [-0.2, -0.15) is 0 Å². The zero-order valence-electron chi connectivity index (χ0n) is 11.8. The predicted octanol–water partition coefficient (Wildman–Crippen LogP) is 2.72. The number of carboxylic acids is 1. The van der Waals surface area contributed by atoms with Crippen molar-refractivity contribution in [3.63, 3.8) is 0 Å². The van der Waals surface area contributed by atoms with Crippen LogP contribution < -0.4 is 5.32 Å². The van der Waals surface area contributed by atoms with Crippen molar-refractivity contribution in [2.45, 2.75) is 31.8 Å². The summed E-state index contributed by atoms with van der Waals surface area (Å²) < 4.78 is 0. The molecule has 0 spiro atoms. The second-order valence-corrected chi connectivity index (χ2v) is 5.52. The average Bonchev–Trinajstić information content (AvgIpc) is 2.81. The van der Waals surface area contributed by atoms with Crippen molar-refractivity contribution in [3.05, 3.63) is 48.7 Å². The third-order valence-electron chi connectivity index (χ3n) is 3.45. The largest absolute Gasteiger partial charge is 0.480 e. The zero-order valence-corrected chi connectivity index (χ0v) is 11.8. The average molecular weight is 272 g/mol. The van der Waals surface area contributed by atoms with Crippen LogP contribution in [-0.2, 0) is 11.2 Å². The Labute approximate surface area is 118 Å². The third-order valence-corrected chi connectivity index (χ3v) is 3.45. The van der Waals surface area contributed by atoms with E-state index in [9.17, 15) is 9.90 Å². The molecule has 20 heavy (non-hydrogen) atoms. The number of para-hydroxylation sites is 1. The molecular formula is C16H20N2O2. The Hall–Kier alpha value is -2.07. The lowest BCUT2D eigenvalue weighted by atomic mass is 10.00. The number of aliphatic carboxylic acids is 1. The molecule has 2 rings (SSSR count). The summed E-state index contributed by atoms with van der Waals surface area (Å²) >= 11 is 0. The smallest absolute Gasteiger partial charge is 0.321 e. The van der Waals surface area contributed by atoms with E-state index < -0.39 is 17.6 Å². The summed E-state index contributed by atoms with van der Waals surface area (Å²) in [6.45, 7) is 7.55. The molecule has 0 radical (unpaired) electrons. The first-order valence-electron chi connectivity index (χ1n) is 6.62. The number of nitrogens with one attached hydrogen (secondary N) is 2. The van der Waals surface area contributed by atoms with Gasteiger partial charge in [0.15, 0.2) is 0 Å². The maximum absolute atomic E-state index is 11.4. The Kier molecular flexibility index (Phi) is 3.95. The number of H-pyrrole nitrogens is 1. The van der Waals surface area contributed by atoms with E-state index in [1.165, 1.54) is 0 Å². The van der Waals surface area contributed by atoms with Gasteiger partial charge in [-0.1, -0.05) is 24.3 Å². The van der Waals surface area contributed by atoms with E-state index in [1.54, 1.807) is 6.08 Å². The summed E-state index contributed by atoms with van der Waals surface area (Å²) in [7, 11) is 0. The first kappa shape index (κ1) is 14.3. The Balaban J connectivity index is 2.24. The molecule has 1 aromatic carbocycles. The highest BCUT2D eigenvalue weighted by Crippen LogP contribution is 2.20. The number of hydrogen-bond acceptors (Lipinski definition) is 2. The van der Waals surface area contributed by atoms with Gasteiger partial charge in [0.25, 0.3) is 0 Å². The van der Waals surface area contributed by atoms with Crippen LogP contribution in [0.5, 0.6) is 0 Å². The Morgan fingerprint density at radius 3 is 2.85 bits per heavy atom. The topological polar surface area (TPSA) is 65.1 Å². The number of carbonyl (C=O) groups is 1. The van der Waals surface area contributed by atoms with E-state index in [1.807, 2.05) is 44.3 Å². The molecule has 106 valence electrons. The highest BCUT2D eigenvalue weighted by Gasteiger charge is 2.25. The number of carboxylic acid groups (broad SMARTS) is 1. The quantitative estimate of drug-likeness (QED) is 0.708. The fourth-order valence-electron chi connectivity index (χ4n) is 2.23.